The predicted octanol–water partition coefficient (Wildman–Crippen LogP) is 3.30. The third-order valence-corrected chi connectivity index (χ3v) is 6.89. The van der Waals surface area contributed by atoms with Gasteiger partial charge in [-0.25, -0.2) is 9.59 Å². The molecule has 8 heteroatoms. The molecular weight excluding hydrogens is 436 g/mol. The molecule has 0 heterocycles. The first-order chi connectivity index (χ1) is 16.4. The second kappa shape index (κ2) is 10.3. The van der Waals surface area contributed by atoms with Gasteiger partial charge in [0.2, 0.25) is 5.91 Å². The number of fused-ring (bicyclic) bond motifs is 3. The average Bonchev–Trinajstić information content (AvgIpc) is 3.45. The summed E-state index contributed by atoms with van der Waals surface area (Å²) in [5, 5.41) is 14.6. The number of amides is 2. The van der Waals surface area contributed by atoms with E-state index >= 15 is 0 Å². The normalized spacial score (nSPS) is 16.9. The van der Waals surface area contributed by atoms with Crippen LogP contribution in [0.1, 0.15) is 42.7 Å². The molecule has 8 nitrogen and oxygen atoms in total. The van der Waals surface area contributed by atoms with Crippen molar-refractivity contribution < 1.29 is 29.0 Å². The molecule has 1 atom stereocenters. The molecule has 0 saturated heterocycles. The maximum atomic E-state index is 13.0. The number of alkyl carbamates (subject to hydrolysis) is 1. The van der Waals surface area contributed by atoms with Gasteiger partial charge >= 0.3 is 12.1 Å². The molecule has 2 aromatic rings. The molecule has 4 rings (SSSR count). The van der Waals surface area contributed by atoms with Crippen LogP contribution in [0, 0.1) is 5.41 Å². The number of carbonyl (C=O) groups excluding carboxylic acids is 2. The SMILES string of the molecule is COCC(NC(=O)C1(CNC(=O)OCC2c3ccccc3-c3ccccc32)CCCC1)C(=O)O. The number of hydrogen-bond donors (Lipinski definition) is 3. The van der Waals surface area contributed by atoms with Gasteiger partial charge in [0.1, 0.15) is 6.61 Å². The average molecular weight is 467 g/mol. The van der Waals surface area contributed by atoms with Gasteiger partial charge in [0.25, 0.3) is 0 Å². The largest absolute Gasteiger partial charge is 0.480 e. The highest BCUT2D eigenvalue weighted by Gasteiger charge is 2.43. The van der Waals surface area contributed by atoms with E-state index in [0.717, 1.165) is 35.1 Å². The van der Waals surface area contributed by atoms with Crippen LogP contribution >= 0.6 is 0 Å². The summed E-state index contributed by atoms with van der Waals surface area (Å²) in [5.41, 5.74) is 3.70. The molecule has 3 N–H and O–H groups in total. The van der Waals surface area contributed by atoms with Crippen LogP contribution in [-0.4, -0.2) is 56.0 Å². The van der Waals surface area contributed by atoms with Crippen LogP contribution in [0.3, 0.4) is 0 Å². The standard InChI is InChI=1S/C26H30N2O6/c1-33-15-22(23(29)30)28-24(31)26(12-6-7-13-26)16-27-25(32)34-14-21-19-10-4-2-8-17(19)18-9-3-5-11-20(18)21/h2-5,8-11,21-22H,6-7,12-16H2,1H3,(H,27,32)(H,28,31)(H,29,30). The number of aliphatic carboxylic acids is 1. The molecule has 1 unspecified atom stereocenters. The zero-order chi connectivity index (χ0) is 24.1. The van der Waals surface area contributed by atoms with Gasteiger partial charge in [-0.1, -0.05) is 61.4 Å². The van der Waals surface area contributed by atoms with Crippen molar-refractivity contribution in [2.75, 3.05) is 26.9 Å². The van der Waals surface area contributed by atoms with E-state index in [1.165, 1.54) is 7.11 Å². The number of nitrogens with one attached hydrogen (secondary N) is 2. The maximum absolute atomic E-state index is 13.0. The molecule has 180 valence electrons. The van der Waals surface area contributed by atoms with E-state index in [0.29, 0.717) is 12.8 Å². The van der Waals surface area contributed by atoms with Crippen LogP contribution < -0.4 is 10.6 Å². The molecule has 0 spiro atoms. The van der Waals surface area contributed by atoms with Gasteiger partial charge in [-0.15, -0.1) is 0 Å². The Hall–Kier alpha value is -3.39. The lowest BCUT2D eigenvalue weighted by atomic mass is 9.84. The van der Waals surface area contributed by atoms with Crippen molar-refractivity contribution in [1.29, 1.82) is 0 Å². The summed E-state index contributed by atoms with van der Waals surface area (Å²) in [6.45, 7) is 0.153. The molecule has 2 aromatic carbocycles. The minimum Gasteiger partial charge on any atom is -0.480 e. The number of hydrogen-bond acceptors (Lipinski definition) is 5. The minimum absolute atomic E-state index is 0.0488. The molecule has 34 heavy (non-hydrogen) atoms. The molecule has 1 fully saturated rings. The summed E-state index contributed by atoms with van der Waals surface area (Å²) in [6.07, 6.45) is 2.22. The van der Waals surface area contributed by atoms with Crippen molar-refractivity contribution in [3.63, 3.8) is 0 Å². The lowest BCUT2D eigenvalue weighted by molar-refractivity contribution is -0.145. The monoisotopic (exact) mass is 466 g/mol. The Balaban J connectivity index is 1.37. The third-order valence-electron chi connectivity index (χ3n) is 6.89. The van der Waals surface area contributed by atoms with Crippen molar-refractivity contribution in [3.05, 3.63) is 59.7 Å². The molecule has 2 amide bonds. The van der Waals surface area contributed by atoms with Crippen molar-refractivity contribution in [2.24, 2.45) is 5.41 Å². The Bertz CT molecular complexity index is 1020. The quantitative estimate of drug-likeness (QED) is 0.523. The summed E-state index contributed by atoms with van der Waals surface area (Å²) < 4.78 is 10.5. The molecule has 0 aliphatic heterocycles. The summed E-state index contributed by atoms with van der Waals surface area (Å²) in [4.78, 5) is 37.0. The van der Waals surface area contributed by atoms with Crippen LogP contribution in [0.5, 0.6) is 0 Å². The fraction of sp³-hybridized carbons (Fsp3) is 0.423. The predicted molar refractivity (Wildman–Crippen MR) is 125 cm³/mol. The van der Waals surface area contributed by atoms with Crippen LogP contribution in [0.2, 0.25) is 0 Å². The van der Waals surface area contributed by atoms with Crippen LogP contribution in [0.25, 0.3) is 11.1 Å². The van der Waals surface area contributed by atoms with Gasteiger partial charge in [0.05, 0.1) is 12.0 Å². The van der Waals surface area contributed by atoms with Crippen LogP contribution in [-0.2, 0) is 19.1 Å². The fourth-order valence-corrected chi connectivity index (χ4v) is 5.08. The van der Waals surface area contributed by atoms with E-state index in [9.17, 15) is 19.5 Å². The van der Waals surface area contributed by atoms with Gasteiger partial charge in [0.15, 0.2) is 6.04 Å². The molecule has 0 aromatic heterocycles. The van der Waals surface area contributed by atoms with E-state index < -0.39 is 23.5 Å². The van der Waals surface area contributed by atoms with E-state index in [1.54, 1.807) is 0 Å². The first-order valence-electron chi connectivity index (χ1n) is 11.6. The van der Waals surface area contributed by atoms with Crippen molar-refractivity contribution in [1.82, 2.24) is 10.6 Å². The van der Waals surface area contributed by atoms with E-state index in [4.69, 9.17) is 9.47 Å². The molecule has 1 saturated carbocycles. The second-order valence-electron chi connectivity index (χ2n) is 8.99. The first kappa shape index (κ1) is 23.8. The lowest BCUT2D eigenvalue weighted by Crippen LogP contribution is -2.53. The Morgan fingerprint density at radius 3 is 2.18 bits per heavy atom. The first-order valence-corrected chi connectivity index (χ1v) is 11.6. The van der Waals surface area contributed by atoms with Gasteiger partial charge in [-0.3, -0.25) is 4.79 Å². The van der Waals surface area contributed by atoms with Crippen LogP contribution in [0.15, 0.2) is 48.5 Å². The highest BCUT2D eigenvalue weighted by Crippen LogP contribution is 2.44. The number of ether oxygens (including phenoxy) is 2. The number of carboxylic acids is 1. The van der Waals surface area contributed by atoms with Crippen molar-refractivity contribution in [2.45, 2.75) is 37.6 Å². The second-order valence-corrected chi connectivity index (χ2v) is 8.99. The molecule has 0 bridgehead atoms. The van der Waals surface area contributed by atoms with Crippen LogP contribution in [0.4, 0.5) is 4.79 Å². The summed E-state index contributed by atoms with van der Waals surface area (Å²) >= 11 is 0. The minimum atomic E-state index is -1.16. The smallest absolute Gasteiger partial charge is 0.407 e. The fourth-order valence-electron chi connectivity index (χ4n) is 5.08. The Morgan fingerprint density at radius 1 is 1.03 bits per heavy atom. The molecule has 2 aliphatic rings. The Kier molecular flexibility index (Phi) is 7.17. The summed E-state index contributed by atoms with van der Waals surface area (Å²) in [6, 6.07) is 15.1. The molecule has 2 aliphatic carbocycles. The zero-order valence-corrected chi connectivity index (χ0v) is 19.2. The maximum Gasteiger partial charge on any atom is 0.407 e. The Morgan fingerprint density at radius 2 is 1.62 bits per heavy atom. The van der Waals surface area contributed by atoms with E-state index in [-0.39, 0.29) is 31.6 Å². The van der Waals surface area contributed by atoms with Gasteiger partial charge in [-0.2, -0.15) is 0 Å². The number of carboxylic acid groups (broad SMARTS) is 1. The molecular formula is C26H30N2O6. The summed E-state index contributed by atoms with van der Waals surface area (Å²) in [7, 11) is 1.38. The summed E-state index contributed by atoms with van der Waals surface area (Å²) in [5.74, 6) is -1.59. The lowest BCUT2D eigenvalue weighted by Gasteiger charge is -2.29. The topological polar surface area (TPSA) is 114 Å². The van der Waals surface area contributed by atoms with Crippen molar-refractivity contribution >= 4 is 18.0 Å². The number of rotatable bonds is 9. The number of methoxy groups -OCH3 is 1. The third kappa shape index (κ3) is 4.77. The van der Waals surface area contributed by atoms with Gasteiger partial charge in [0, 0.05) is 19.6 Å². The highest BCUT2D eigenvalue weighted by atomic mass is 16.5. The van der Waals surface area contributed by atoms with E-state index in [2.05, 4.69) is 34.9 Å². The van der Waals surface area contributed by atoms with Gasteiger partial charge in [-0.05, 0) is 35.1 Å². The van der Waals surface area contributed by atoms with Crippen molar-refractivity contribution in [3.8, 4) is 11.1 Å². The molecule has 0 radical (unpaired) electrons. The zero-order valence-electron chi connectivity index (χ0n) is 19.2. The Labute approximate surface area is 198 Å². The van der Waals surface area contributed by atoms with Gasteiger partial charge < -0.3 is 25.2 Å². The number of carbonyl (C=O) groups is 3. The highest BCUT2D eigenvalue weighted by molar-refractivity contribution is 5.88. The van der Waals surface area contributed by atoms with E-state index in [1.807, 2.05) is 24.3 Å². The number of benzene rings is 2.